The first-order chi connectivity index (χ1) is 13.2. The molecule has 0 saturated carbocycles. The Labute approximate surface area is 161 Å². The molecule has 1 aliphatic heterocycles. The van der Waals surface area contributed by atoms with Crippen molar-refractivity contribution in [3.8, 4) is 11.5 Å². The van der Waals surface area contributed by atoms with Crippen LogP contribution < -0.4 is 9.47 Å². The van der Waals surface area contributed by atoms with Crippen LogP contribution in [0.4, 0.5) is 0 Å². The average Bonchev–Trinajstić information content (AvgIpc) is 3.14. The molecule has 2 aromatic carbocycles. The van der Waals surface area contributed by atoms with Crippen LogP contribution in [0.15, 0.2) is 54.7 Å². The summed E-state index contributed by atoms with van der Waals surface area (Å²) >= 11 is 6.10. The van der Waals surface area contributed by atoms with Crippen molar-refractivity contribution in [1.82, 2.24) is 4.98 Å². The second-order valence-electron chi connectivity index (χ2n) is 6.87. The number of rotatable bonds is 2. The molecule has 5 heteroatoms. The second-order valence-corrected chi connectivity index (χ2v) is 7.31. The topological polar surface area (TPSA) is 48.4 Å². The average molecular weight is 378 g/mol. The van der Waals surface area contributed by atoms with E-state index in [1.807, 2.05) is 42.5 Å². The third-order valence-electron chi connectivity index (χ3n) is 5.17. The number of carbonyl (C=O) groups excluding carboxylic acids is 1. The zero-order valence-electron chi connectivity index (χ0n) is 14.4. The SMILES string of the molecule is O=C1C=C(c2ccnc3cc(Cl)ccc23)CC(c2ccc3c(c2)OCO3)C1. The van der Waals surface area contributed by atoms with Crippen LogP contribution in [0.5, 0.6) is 11.5 Å². The normalized spacial score (nSPS) is 18.6. The highest BCUT2D eigenvalue weighted by Crippen LogP contribution is 2.41. The number of pyridine rings is 1. The Balaban J connectivity index is 1.53. The molecule has 0 bridgehead atoms. The Bertz CT molecular complexity index is 1110. The summed E-state index contributed by atoms with van der Waals surface area (Å²) in [7, 11) is 0. The van der Waals surface area contributed by atoms with E-state index in [4.69, 9.17) is 21.1 Å². The first kappa shape index (κ1) is 16.3. The maximum atomic E-state index is 12.5. The van der Waals surface area contributed by atoms with Gasteiger partial charge in [-0.15, -0.1) is 0 Å². The highest BCUT2D eigenvalue weighted by atomic mass is 35.5. The van der Waals surface area contributed by atoms with E-state index in [1.165, 1.54) is 0 Å². The molecule has 1 aromatic heterocycles. The second kappa shape index (κ2) is 6.39. The Kier molecular flexibility index (Phi) is 3.87. The summed E-state index contributed by atoms with van der Waals surface area (Å²) in [5.74, 6) is 1.76. The molecule has 4 nitrogen and oxygen atoms in total. The molecule has 0 amide bonds. The van der Waals surface area contributed by atoms with Crippen LogP contribution in [0.1, 0.15) is 29.9 Å². The molecule has 1 aliphatic carbocycles. The minimum Gasteiger partial charge on any atom is -0.454 e. The van der Waals surface area contributed by atoms with Gasteiger partial charge < -0.3 is 9.47 Å². The van der Waals surface area contributed by atoms with Gasteiger partial charge in [0.1, 0.15) is 0 Å². The fourth-order valence-corrected chi connectivity index (χ4v) is 4.05. The van der Waals surface area contributed by atoms with Crippen LogP contribution >= 0.6 is 11.6 Å². The first-order valence-electron chi connectivity index (χ1n) is 8.85. The van der Waals surface area contributed by atoms with Gasteiger partial charge in [-0.1, -0.05) is 23.7 Å². The summed E-state index contributed by atoms with van der Waals surface area (Å²) in [4.78, 5) is 16.9. The van der Waals surface area contributed by atoms with Gasteiger partial charge in [-0.2, -0.15) is 0 Å². The molecule has 3 aromatic rings. The maximum absolute atomic E-state index is 12.5. The van der Waals surface area contributed by atoms with E-state index in [0.717, 1.165) is 45.5 Å². The van der Waals surface area contributed by atoms with Gasteiger partial charge in [0.05, 0.1) is 5.52 Å². The van der Waals surface area contributed by atoms with Crippen LogP contribution in [0, 0.1) is 0 Å². The summed E-state index contributed by atoms with van der Waals surface area (Å²) in [6.07, 6.45) is 4.82. The first-order valence-corrected chi connectivity index (χ1v) is 9.23. The third-order valence-corrected chi connectivity index (χ3v) is 5.40. The number of carbonyl (C=O) groups is 1. The van der Waals surface area contributed by atoms with Gasteiger partial charge in [-0.25, -0.2) is 0 Å². The molecule has 0 radical (unpaired) electrons. The van der Waals surface area contributed by atoms with Gasteiger partial charge in [0, 0.05) is 23.0 Å². The van der Waals surface area contributed by atoms with E-state index in [9.17, 15) is 4.79 Å². The summed E-state index contributed by atoms with van der Waals surface area (Å²) in [5.41, 5.74) is 4.00. The standard InChI is InChI=1S/C22H16ClNO3/c23-16-2-3-19-18(5-6-24-20(19)11-16)15-7-14(8-17(25)9-15)13-1-4-21-22(10-13)27-12-26-21/h1-6,9-11,14H,7-8,12H2. The van der Waals surface area contributed by atoms with Crippen LogP contribution in [0.2, 0.25) is 5.02 Å². The van der Waals surface area contributed by atoms with Crippen molar-refractivity contribution in [2.75, 3.05) is 6.79 Å². The number of ether oxygens (including phenoxy) is 2. The van der Waals surface area contributed by atoms with E-state index in [2.05, 4.69) is 4.98 Å². The summed E-state index contributed by atoms with van der Waals surface area (Å²) in [5, 5.41) is 1.66. The lowest BCUT2D eigenvalue weighted by atomic mass is 9.80. The number of fused-ring (bicyclic) bond motifs is 2. The fraction of sp³-hybridized carbons (Fsp3) is 0.182. The number of nitrogens with zero attached hydrogens (tertiary/aromatic N) is 1. The largest absolute Gasteiger partial charge is 0.454 e. The minimum absolute atomic E-state index is 0.113. The highest BCUT2D eigenvalue weighted by molar-refractivity contribution is 6.31. The Morgan fingerprint density at radius 3 is 2.81 bits per heavy atom. The van der Waals surface area contributed by atoms with E-state index in [1.54, 1.807) is 12.3 Å². The summed E-state index contributed by atoms with van der Waals surface area (Å²) < 4.78 is 10.9. The number of aromatic nitrogens is 1. The Morgan fingerprint density at radius 1 is 1.00 bits per heavy atom. The highest BCUT2D eigenvalue weighted by Gasteiger charge is 2.25. The number of halogens is 1. The number of hydrogen-bond donors (Lipinski definition) is 0. The number of allylic oxidation sites excluding steroid dienone is 2. The quantitative estimate of drug-likeness (QED) is 0.620. The Hall–Kier alpha value is -2.85. The molecule has 1 atom stereocenters. The van der Waals surface area contributed by atoms with Gasteiger partial charge in [-0.3, -0.25) is 9.78 Å². The molecule has 2 aliphatic rings. The predicted molar refractivity (Wildman–Crippen MR) is 104 cm³/mol. The Morgan fingerprint density at radius 2 is 1.89 bits per heavy atom. The zero-order valence-corrected chi connectivity index (χ0v) is 15.2. The third kappa shape index (κ3) is 2.96. The number of hydrogen-bond acceptors (Lipinski definition) is 4. The van der Waals surface area contributed by atoms with Crippen LogP contribution in [0.25, 0.3) is 16.5 Å². The van der Waals surface area contributed by atoms with Gasteiger partial charge in [-0.05, 0) is 65.4 Å². The minimum atomic E-state index is 0.113. The lowest BCUT2D eigenvalue weighted by Crippen LogP contribution is -2.12. The molecule has 27 heavy (non-hydrogen) atoms. The number of benzene rings is 2. The van der Waals surface area contributed by atoms with Crippen LogP contribution in [-0.4, -0.2) is 17.6 Å². The maximum Gasteiger partial charge on any atom is 0.231 e. The lowest BCUT2D eigenvalue weighted by molar-refractivity contribution is -0.115. The molecule has 5 rings (SSSR count). The van der Waals surface area contributed by atoms with E-state index in [-0.39, 0.29) is 18.5 Å². The van der Waals surface area contributed by atoms with E-state index >= 15 is 0 Å². The van der Waals surface area contributed by atoms with Gasteiger partial charge >= 0.3 is 0 Å². The predicted octanol–water partition coefficient (Wildman–Crippen LogP) is 5.15. The molecule has 0 fully saturated rings. The molecule has 0 saturated heterocycles. The molecular weight excluding hydrogens is 362 g/mol. The fourth-order valence-electron chi connectivity index (χ4n) is 3.88. The van der Waals surface area contributed by atoms with Gasteiger partial charge in [0.2, 0.25) is 6.79 Å². The lowest BCUT2D eigenvalue weighted by Gasteiger charge is -2.23. The molecule has 1 unspecified atom stereocenters. The summed E-state index contributed by atoms with van der Waals surface area (Å²) in [6.45, 7) is 0.249. The van der Waals surface area contributed by atoms with Crippen molar-refractivity contribution in [1.29, 1.82) is 0 Å². The van der Waals surface area contributed by atoms with Crippen molar-refractivity contribution in [2.45, 2.75) is 18.8 Å². The van der Waals surface area contributed by atoms with Crippen molar-refractivity contribution >= 4 is 33.9 Å². The van der Waals surface area contributed by atoms with Gasteiger partial charge in [0.15, 0.2) is 17.3 Å². The molecule has 0 N–H and O–H groups in total. The van der Waals surface area contributed by atoms with Crippen molar-refractivity contribution in [3.63, 3.8) is 0 Å². The van der Waals surface area contributed by atoms with Crippen molar-refractivity contribution in [3.05, 3.63) is 70.9 Å². The van der Waals surface area contributed by atoms with Gasteiger partial charge in [0.25, 0.3) is 0 Å². The number of ketones is 1. The van der Waals surface area contributed by atoms with Crippen LogP contribution in [0.3, 0.4) is 0 Å². The van der Waals surface area contributed by atoms with Crippen molar-refractivity contribution < 1.29 is 14.3 Å². The smallest absolute Gasteiger partial charge is 0.231 e. The molecule has 0 spiro atoms. The van der Waals surface area contributed by atoms with Crippen LogP contribution in [-0.2, 0) is 4.79 Å². The monoisotopic (exact) mass is 377 g/mol. The van der Waals surface area contributed by atoms with E-state index < -0.39 is 0 Å². The zero-order chi connectivity index (χ0) is 18.4. The van der Waals surface area contributed by atoms with E-state index in [0.29, 0.717) is 11.4 Å². The molecule has 134 valence electrons. The molecule has 2 heterocycles. The van der Waals surface area contributed by atoms with Crippen molar-refractivity contribution in [2.24, 2.45) is 0 Å². The summed E-state index contributed by atoms with van der Waals surface area (Å²) in [6, 6.07) is 13.6. The molecular formula is C22H16ClNO3.